The van der Waals surface area contributed by atoms with E-state index in [4.69, 9.17) is 16.3 Å². The summed E-state index contributed by atoms with van der Waals surface area (Å²) in [5.41, 5.74) is 2.06. The van der Waals surface area contributed by atoms with Crippen LogP contribution in [-0.4, -0.2) is 24.2 Å². The number of rotatable bonds is 6. The van der Waals surface area contributed by atoms with Crippen LogP contribution in [-0.2, 0) is 11.5 Å². The predicted molar refractivity (Wildman–Crippen MR) is 104 cm³/mol. The Kier molecular flexibility index (Phi) is 5.27. The third kappa shape index (κ3) is 4.29. The van der Waals surface area contributed by atoms with Gasteiger partial charge >= 0.3 is 0 Å². The molecule has 6 heteroatoms. The van der Waals surface area contributed by atoms with Crippen molar-refractivity contribution in [2.75, 3.05) is 6.61 Å². The Morgan fingerprint density at radius 3 is 2.60 bits per heavy atom. The molecule has 25 heavy (non-hydrogen) atoms. The van der Waals surface area contributed by atoms with Crippen molar-refractivity contribution in [3.8, 4) is 11.1 Å². The second-order valence-corrected chi connectivity index (χ2v) is 13.4. The SMILES string of the molecule is C[Si](C)(C)CCOCn1cc(-c2ccccc2F)c2ccc(Cl)nc21. The fourth-order valence-corrected chi connectivity index (χ4v) is 3.57. The van der Waals surface area contributed by atoms with Crippen molar-refractivity contribution in [2.24, 2.45) is 0 Å². The average Bonchev–Trinajstić information content (AvgIpc) is 2.89. The summed E-state index contributed by atoms with van der Waals surface area (Å²) in [7, 11) is -1.13. The number of hydrogen-bond donors (Lipinski definition) is 0. The predicted octanol–water partition coefficient (Wildman–Crippen LogP) is 5.81. The van der Waals surface area contributed by atoms with E-state index in [0.717, 1.165) is 17.0 Å². The lowest BCUT2D eigenvalue weighted by atomic mass is 10.1. The highest BCUT2D eigenvalue weighted by Gasteiger charge is 2.16. The maximum Gasteiger partial charge on any atom is 0.144 e. The monoisotopic (exact) mass is 376 g/mol. The molecule has 0 unspecified atom stereocenters. The standard InChI is InChI=1S/C19H22ClFN2OSi/c1-25(2,3)11-10-24-13-23-12-16(14-6-4-5-7-17(14)21)15-8-9-18(20)22-19(15)23/h4-9,12H,10-11,13H2,1-3H3. The molecule has 3 aromatic rings. The number of benzene rings is 1. The molecule has 0 radical (unpaired) electrons. The number of halogens is 2. The average molecular weight is 377 g/mol. The van der Waals surface area contributed by atoms with Crippen LogP contribution in [0.1, 0.15) is 0 Å². The molecule has 0 aliphatic heterocycles. The van der Waals surface area contributed by atoms with Gasteiger partial charge in [0.15, 0.2) is 0 Å². The van der Waals surface area contributed by atoms with Gasteiger partial charge in [-0.25, -0.2) is 9.37 Å². The van der Waals surface area contributed by atoms with E-state index in [9.17, 15) is 4.39 Å². The van der Waals surface area contributed by atoms with Crippen LogP contribution in [0.5, 0.6) is 0 Å². The Hall–Kier alpha value is -1.69. The lowest BCUT2D eigenvalue weighted by Crippen LogP contribution is -2.22. The molecule has 0 N–H and O–H groups in total. The number of hydrogen-bond acceptors (Lipinski definition) is 2. The first-order valence-corrected chi connectivity index (χ1v) is 12.4. The van der Waals surface area contributed by atoms with Crippen LogP contribution < -0.4 is 0 Å². The Bertz CT molecular complexity index is 889. The van der Waals surface area contributed by atoms with Gasteiger partial charge in [0.05, 0.1) is 0 Å². The summed E-state index contributed by atoms with van der Waals surface area (Å²) < 4.78 is 22.0. The highest BCUT2D eigenvalue weighted by Crippen LogP contribution is 2.32. The largest absolute Gasteiger partial charge is 0.361 e. The summed E-state index contributed by atoms with van der Waals surface area (Å²) in [5, 5.41) is 1.28. The van der Waals surface area contributed by atoms with E-state index in [0.29, 0.717) is 29.7 Å². The van der Waals surface area contributed by atoms with E-state index in [2.05, 4.69) is 24.6 Å². The summed E-state index contributed by atoms with van der Waals surface area (Å²) >= 11 is 6.06. The molecule has 3 nitrogen and oxygen atoms in total. The van der Waals surface area contributed by atoms with Gasteiger partial charge in [-0.15, -0.1) is 0 Å². The topological polar surface area (TPSA) is 27.1 Å². The van der Waals surface area contributed by atoms with Crippen LogP contribution in [0.2, 0.25) is 30.8 Å². The fourth-order valence-electron chi connectivity index (χ4n) is 2.67. The molecule has 2 aromatic heterocycles. The van der Waals surface area contributed by atoms with Gasteiger partial charge in [-0.2, -0.15) is 0 Å². The Morgan fingerprint density at radius 2 is 1.88 bits per heavy atom. The van der Waals surface area contributed by atoms with Gasteiger partial charge < -0.3 is 9.30 Å². The molecule has 2 heterocycles. The minimum absolute atomic E-state index is 0.254. The van der Waals surface area contributed by atoms with Crippen molar-refractivity contribution < 1.29 is 9.13 Å². The molecule has 0 aliphatic carbocycles. The second kappa shape index (κ2) is 7.28. The number of aromatic nitrogens is 2. The Balaban J connectivity index is 1.93. The molecule has 0 bridgehead atoms. The third-order valence-electron chi connectivity index (χ3n) is 4.08. The van der Waals surface area contributed by atoms with E-state index < -0.39 is 8.07 Å². The minimum atomic E-state index is -1.13. The van der Waals surface area contributed by atoms with E-state index in [1.54, 1.807) is 18.2 Å². The molecule has 0 amide bonds. The fraction of sp³-hybridized carbons (Fsp3) is 0.316. The molecular weight excluding hydrogens is 355 g/mol. The summed E-state index contributed by atoms with van der Waals surface area (Å²) in [6.07, 6.45) is 1.89. The van der Waals surface area contributed by atoms with Crippen LogP contribution in [0, 0.1) is 5.82 Å². The van der Waals surface area contributed by atoms with Gasteiger partial charge in [-0.05, 0) is 24.2 Å². The molecule has 132 valence electrons. The van der Waals surface area contributed by atoms with Gasteiger partial charge in [-0.3, -0.25) is 0 Å². The molecule has 0 fully saturated rings. The van der Waals surface area contributed by atoms with Crippen molar-refractivity contribution in [3.05, 3.63) is 53.6 Å². The van der Waals surface area contributed by atoms with E-state index >= 15 is 0 Å². The summed E-state index contributed by atoms with van der Waals surface area (Å²) in [6, 6.07) is 11.5. The van der Waals surface area contributed by atoms with Gasteiger partial charge in [0.1, 0.15) is 23.3 Å². The van der Waals surface area contributed by atoms with Gasteiger partial charge in [-0.1, -0.05) is 49.4 Å². The first-order chi connectivity index (χ1) is 11.8. The van der Waals surface area contributed by atoms with Crippen LogP contribution >= 0.6 is 11.6 Å². The second-order valence-electron chi connectivity index (χ2n) is 7.35. The highest BCUT2D eigenvalue weighted by atomic mass is 35.5. The van der Waals surface area contributed by atoms with Crippen molar-refractivity contribution >= 4 is 30.7 Å². The molecule has 0 aliphatic rings. The van der Waals surface area contributed by atoms with E-state index in [1.807, 2.05) is 22.9 Å². The number of nitrogens with zero attached hydrogens (tertiary/aromatic N) is 2. The molecule has 0 atom stereocenters. The normalized spacial score (nSPS) is 12.0. The van der Waals surface area contributed by atoms with Gasteiger partial charge in [0.2, 0.25) is 0 Å². The molecule has 0 saturated carbocycles. The molecule has 3 rings (SSSR count). The quantitative estimate of drug-likeness (QED) is 0.308. The van der Waals surface area contributed by atoms with Gasteiger partial charge in [0.25, 0.3) is 0 Å². The molecule has 1 aromatic carbocycles. The maximum atomic E-state index is 14.2. The number of pyridine rings is 1. The molecular formula is C19H22ClFN2OSi. The van der Waals surface area contributed by atoms with Crippen molar-refractivity contribution in [1.29, 1.82) is 0 Å². The van der Waals surface area contributed by atoms with Crippen molar-refractivity contribution in [2.45, 2.75) is 32.4 Å². The zero-order valence-corrected chi connectivity index (χ0v) is 16.5. The van der Waals surface area contributed by atoms with Crippen LogP contribution in [0.3, 0.4) is 0 Å². The highest BCUT2D eigenvalue weighted by molar-refractivity contribution is 6.76. The first-order valence-electron chi connectivity index (χ1n) is 8.33. The summed E-state index contributed by atoms with van der Waals surface area (Å²) in [6.45, 7) is 8.05. The molecule has 0 saturated heterocycles. The lowest BCUT2D eigenvalue weighted by Gasteiger charge is -2.15. The van der Waals surface area contributed by atoms with E-state index in [-0.39, 0.29) is 5.82 Å². The Labute approximate surface area is 153 Å². The smallest absolute Gasteiger partial charge is 0.144 e. The van der Waals surface area contributed by atoms with Crippen LogP contribution in [0.25, 0.3) is 22.2 Å². The van der Waals surface area contributed by atoms with Crippen LogP contribution in [0.4, 0.5) is 4.39 Å². The van der Waals surface area contributed by atoms with Crippen molar-refractivity contribution in [1.82, 2.24) is 9.55 Å². The zero-order chi connectivity index (χ0) is 18.0. The maximum absolute atomic E-state index is 14.2. The van der Waals surface area contributed by atoms with E-state index in [1.165, 1.54) is 6.07 Å². The summed E-state index contributed by atoms with van der Waals surface area (Å²) in [5.74, 6) is -0.254. The third-order valence-corrected chi connectivity index (χ3v) is 5.99. The summed E-state index contributed by atoms with van der Waals surface area (Å²) in [4.78, 5) is 4.41. The minimum Gasteiger partial charge on any atom is -0.361 e. The Morgan fingerprint density at radius 1 is 1.12 bits per heavy atom. The zero-order valence-electron chi connectivity index (χ0n) is 14.7. The number of fused-ring (bicyclic) bond motifs is 1. The molecule has 0 spiro atoms. The lowest BCUT2D eigenvalue weighted by molar-refractivity contribution is 0.0899. The van der Waals surface area contributed by atoms with Crippen LogP contribution in [0.15, 0.2) is 42.6 Å². The van der Waals surface area contributed by atoms with Gasteiger partial charge in [0, 0.05) is 37.4 Å². The van der Waals surface area contributed by atoms with Crippen molar-refractivity contribution in [3.63, 3.8) is 0 Å². The number of ether oxygens (including phenoxy) is 1. The first kappa shape index (κ1) is 18.1.